The van der Waals surface area contributed by atoms with Crippen molar-refractivity contribution in [2.45, 2.75) is 12.8 Å². The molecule has 5 heteroatoms. The summed E-state index contributed by atoms with van der Waals surface area (Å²) in [5, 5.41) is 20.2. The Hall–Kier alpha value is -1.90. The van der Waals surface area contributed by atoms with E-state index < -0.39 is 0 Å². The molecule has 1 aromatic carbocycles. The minimum atomic E-state index is -0.0397. The van der Waals surface area contributed by atoms with Gasteiger partial charge in [-0.15, -0.1) is 0 Å². The van der Waals surface area contributed by atoms with Gasteiger partial charge in [-0.25, -0.2) is 0 Å². The lowest BCUT2D eigenvalue weighted by molar-refractivity contribution is -0.116. The number of rotatable bonds is 7. The number of nitrogens with zero attached hydrogens (tertiary/aromatic N) is 2. The van der Waals surface area contributed by atoms with Crippen molar-refractivity contribution in [2.75, 3.05) is 32.1 Å². The summed E-state index contributed by atoms with van der Waals surface area (Å²) in [6.45, 7) is 1.53. The van der Waals surface area contributed by atoms with E-state index in [0.29, 0.717) is 24.2 Å². The van der Waals surface area contributed by atoms with Crippen molar-refractivity contribution in [3.05, 3.63) is 29.8 Å². The second-order valence-electron chi connectivity index (χ2n) is 4.37. The van der Waals surface area contributed by atoms with Crippen LogP contribution < -0.4 is 5.32 Å². The Bertz CT molecular complexity index is 437. The van der Waals surface area contributed by atoms with Crippen LogP contribution in [0.3, 0.4) is 0 Å². The van der Waals surface area contributed by atoms with E-state index in [1.54, 1.807) is 24.3 Å². The van der Waals surface area contributed by atoms with Crippen molar-refractivity contribution in [3.8, 4) is 6.07 Å². The lowest BCUT2D eigenvalue weighted by Crippen LogP contribution is -2.24. The number of nitrogens with one attached hydrogen (secondary N) is 1. The fourth-order valence-electron chi connectivity index (χ4n) is 1.64. The van der Waals surface area contributed by atoms with E-state index in [4.69, 9.17) is 10.4 Å². The number of likely N-dealkylation sites (N-methyl/N-ethyl adjacent to an activating group) is 1. The number of aliphatic hydroxyl groups excluding tert-OH is 1. The van der Waals surface area contributed by atoms with Crippen LogP contribution in [0.2, 0.25) is 0 Å². The molecule has 0 fully saturated rings. The number of benzene rings is 1. The van der Waals surface area contributed by atoms with E-state index in [1.807, 2.05) is 18.0 Å². The van der Waals surface area contributed by atoms with Gasteiger partial charge in [0.15, 0.2) is 0 Å². The molecule has 5 nitrogen and oxygen atoms in total. The first-order valence-electron chi connectivity index (χ1n) is 6.25. The zero-order valence-electron chi connectivity index (χ0n) is 11.1. The molecule has 0 aliphatic carbocycles. The molecule has 0 aliphatic heterocycles. The summed E-state index contributed by atoms with van der Waals surface area (Å²) in [6, 6.07) is 8.80. The zero-order valence-corrected chi connectivity index (χ0v) is 11.1. The maximum absolute atomic E-state index is 11.7. The normalized spacial score (nSPS) is 10.2. The molecule has 0 spiro atoms. The van der Waals surface area contributed by atoms with Gasteiger partial charge in [-0.2, -0.15) is 5.26 Å². The van der Waals surface area contributed by atoms with Crippen molar-refractivity contribution in [3.63, 3.8) is 0 Å². The minimum Gasteiger partial charge on any atom is -0.395 e. The average Bonchev–Trinajstić information content (AvgIpc) is 2.40. The van der Waals surface area contributed by atoms with Crippen LogP contribution in [-0.2, 0) is 4.79 Å². The highest BCUT2D eigenvalue weighted by molar-refractivity contribution is 5.90. The number of hydrogen-bond acceptors (Lipinski definition) is 4. The Balaban J connectivity index is 2.29. The van der Waals surface area contributed by atoms with Crippen LogP contribution in [0.15, 0.2) is 24.3 Å². The SMILES string of the molecule is CN(CCO)CCCC(=O)Nc1ccc(C#N)cc1. The summed E-state index contributed by atoms with van der Waals surface area (Å²) in [5.74, 6) is -0.0397. The summed E-state index contributed by atoms with van der Waals surface area (Å²) in [4.78, 5) is 13.6. The van der Waals surface area contributed by atoms with Crippen molar-refractivity contribution in [2.24, 2.45) is 0 Å². The number of amides is 1. The molecule has 0 unspecified atom stereocenters. The van der Waals surface area contributed by atoms with Gasteiger partial charge in [-0.3, -0.25) is 4.79 Å². The lowest BCUT2D eigenvalue weighted by Gasteiger charge is -2.14. The molecule has 19 heavy (non-hydrogen) atoms. The Labute approximate surface area is 113 Å². The zero-order chi connectivity index (χ0) is 14.1. The second-order valence-corrected chi connectivity index (χ2v) is 4.37. The van der Waals surface area contributed by atoms with Crippen molar-refractivity contribution >= 4 is 11.6 Å². The van der Waals surface area contributed by atoms with Crippen LogP contribution >= 0.6 is 0 Å². The molecule has 1 amide bonds. The predicted octanol–water partition coefficient (Wildman–Crippen LogP) is 1.20. The standard InChI is InChI=1S/C14H19N3O2/c1-17(9-10-18)8-2-3-14(19)16-13-6-4-12(11-15)5-7-13/h4-7,18H,2-3,8-10H2,1H3,(H,16,19). The number of carbonyl (C=O) groups excluding carboxylic acids is 1. The highest BCUT2D eigenvalue weighted by Gasteiger charge is 2.04. The van der Waals surface area contributed by atoms with Gasteiger partial charge in [0.1, 0.15) is 0 Å². The highest BCUT2D eigenvalue weighted by atomic mass is 16.3. The Kier molecular flexibility index (Phi) is 6.58. The molecular weight excluding hydrogens is 242 g/mol. The molecule has 0 heterocycles. The third kappa shape index (κ3) is 6.00. The van der Waals surface area contributed by atoms with Crippen LogP contribution in [0.1, 0.15) is 18.4 Å². The summed E-state index contributed by atoms with van der Waals surface area (Å²) in [6.07, 6.45) is 1.19. The van der Waals surface area contributed by atoms with E-state index in [9.17, 15) is 4.79 Å². The van der Waals surface area contributed by atoms with Crippen molar-refractivity contribution < 1.29 is 9.90 Å². The number of aliphatic hydroxyl groups is 1. The molecule has 0 atom stereocenters. The average molecular weight is 261 g/mol. The fourth-order valence-corrected chi connectivity index (χ4v) is 1.64. The molecule has 0 radical (unpaired) electrons. The molecule has 0 saturated heterocycles. The Morgan fingerprint density at radius 3 is 2.63 bits per heavy atom. The second kappa shape index (κ2) is 8.25. The first kappa shape index (κ1) is 15.2. The van der Waals surface area contributed by atoms with E-state index >= 15 is 0 Å². The van der Waals surface area contributed by atoms with Gasteiger partial charge in [-0.1, -0.05) is 0 Å². The van der Waals surface area contributed by atoms with Crippen LogP contribution in [0.4, 0.5) is 5.69 Å². The predicted molar refractivity (Wildman–Crippen MR) is 73.6 cm³/mol. The Morgan fingerprint density at radius 2 is 2.05 bits per heavy atom. The van der Waals surface area contributed by atoms with Crippen LogP contribution in [0.5, 0.6) is 0 Å². The van der Waals surface area contributed by atoms with Crippen molar-refractivity contribution in [1.29, 1.82) is 5.26 Å². The van der Waals surface area contributed by atoms with Gasteiger partial charge >= 0.3 is 0 Å². The molecule has 0 saturated carbocycles. The molecule has 102 valence electrons. The molecule has 0 bridgehead atoms. The topological polar surface area (TPSA) is 76.4 Å². The van der Waals surface area contributed by atoms with E-state index in [2.05, 4.69) is 5.32 Å². The molecule has 1 rings (SSSR count). The van der Waals surface area contributed by atoms with Crippen LogP contribution in [0, 0.1) is 11.3 Å². The summed E-state index contributed by atoms with van der Waals surface area (Å²) < 4.78 is 0. The van der Waals surface area contributed by atoms with E-state index in [1.165, 1.54) is 0 Å². The number of carbonyl (C=O) groups is 1. The van der Waals surface area contributed by atoms with Crippen LogP contribution in [0.25, 0.3) is 0 Å². The maximum atomic E-state index is 11.7. The lowest BCUT2D eigenvalue weighted by atomic mass is 10.2. The molecule has 0 aromatic heterocycles. The quantitative estimate of drug-likeness (QED) is 0.773. The van der Waals surface area contributed by atoms with E-state index in [0.717, 1.165) is 13.0 Å². The van der Waals surface area contributed by atoms with Crippen molar-refractivity contribution in [1.82, 2.24) is 4.90 Å². The number of hydrogen-bond donors (Lipinski definition) is 2. The first-order valence-corrected chi connectivity index (χ1v) is 6.25. The number of nitriles is 1. The molecule has 2 N–H and O–H groups in total. The van der Waals surface area contributed by atoms with Gasteiger partial charge < -0.3 is 15.3 Å². The highest BCUT2D eigenvalue weighted by Crippen LogP contribution is 2.09. The summed E-state index contributed by atoms with van der Waals surface area (Å²) >= 11 is 0. The van der Waals surface area contributed by atoms with Gasteiger partial charge in [0.2, 0.25) is 5.91 Å². The fraction of sp³-hybridized carbons (Fsp3) is 0.429. The van der Waals surface area contributed by atoms with Gasteiger partial charge in [0, 0.05) is 18.7 Å². The summed E-state index contributed by atoms with van der Waals surface area (Å²) in [5.41, 5.74) is 1.27. The smallest absolute Gasteiger partial charge is 0.224 e. The molecule has 0 aliphatic rings. The monoisotopic (exact) mass is 261 g/mol. The Morgan fingerprint density at radius 1 is 1.37 bits per heavy atom. The molecular formula is C14H19N3O2. The van der Waals surface area contributed by atoms with Crippen LogP contribution in [-0.4, -0.2) is 42.7 Å². The largest absolute Gasteiger partial charge is 0.395 e. The third-order valence-corrected chi connectivity index (χ3v) is 2.72. The first-order chi connectivity index (χ1) is 9.15. The van der Waals surface area contributed by atoms with E-state index in [-0.39, 0.29) is 12.5 Å². The third-order valence-electron chi connectivity index (χ3n) is 2.72. The maximum Gasteiger partial charge on any atom is 0.224 e. The number of anilines is 1. The minimum absolute atomic E-state index is 0.0397. The van der Waals surface area contributed by atoms with Gasteiger partial charge in [0.05, 0.1) is 18.2 Å². The molecule has 1 aromatic rings. The van der Waals surface area contributed by atoms with Gasteiger partial charge in [0.25, 0.3) is 0 Å². The summed E-state index contributed by atoms with van der Waals surface area (Å²) in [7, 11) is 1.91. The van der Waals surface area contributed by atoms with Gasteiger partial charge in [-0.05, 0) is 44.3 Å².